The minimum atomic E-state index is -0.990. The lowest BCUT2D eigenvalue weighted by Crippen LogP contribution is -2.54. The van der Waals surface area contributed by atoms with E-state index in [1.54, 1.807) is 30.3 Å². The molecule has 3 aromatic rings. The average molecular weight is 598 g/mol. The van der Waals surface area contributed by atoms with E-state index in [0.29, 0.717) is 40.6 Å². The Labute approximate surface area is 252 Å². The number of piperazine rings is 1. The summed E-state index contributed by atoms with van der Waals surface area (Å²) in [6.45, 7) is 3.75. The molecule has 6 rings (SSSR count). The summed E-state index contributed by atoms with van der Waals surface area (Å²) in [4.78, 5) is 56.3. The van der Waals surface area contributed by atoms with Gasteiger partial charge < -0.3 is 4.90 Å². The predicted octanol–water partition coefficient (Wildman–Crippen LogP) is 3.71. The molecule has 43 heavy (non-hydrogen) atoms. The van der Waals surface area contributed by atoms with E-state index < -0.39 is 29.7 Å². The second-order valence-corrected chi connectivity index (χ2v) is 11.8. The van der Waals surface area contributed by atoms with E-state index in [-0.39, 0.29) is 24.2 Å². The Hall–Kier alpha value is -4.53. The number of amides is 4. The molecule has 3 aliphatic rings. The fourth-order valence-electron chi connectivity index (χ4n) is 5.74. The fourth-order valence-corrected chi connectivity index (χ4v) is 6.78. The van der Waals surface area contributed by atoms with Gasteiger partial charge in [0.2, 0.25) is 11.8 Å². The van der Waals surface area contributed by atoms with E-state index in [2.05, 4.69) is 34.5 Å². The number of hydrogen-bond acceptors (Lipinski definition) is 8. The van der Waals surface area contributed by atoms with Gasteiger partial charge in [-0.05, 0) is 47.9 Å². The monoisotopic (exact) mass is 597 g/mol. The molecule has 0 spiro atoms. The van der Waals surface area contributed by atoms with Crippen LogP contribution in [0.4, 0.5) is 10.1 Å². The average Bonchev–Trinajstić information content (AvgIpc) is 3.27. The van der Waals surface area contributed by atoms with Gasteiger partial charge in [0, 0.05) is 49.8 Å². The van der Waals surface area contributed by atoms with E-state index in [4.69, 9.17) is 5.26 Å². The van der Waals surface area contributed by atoms with E-state index >= 15 is 0 Å². The maximum absolute atomic E-state index is 14.4. The third-order valence-electron chi connectivity index (χ3n) is 8.04. The Bertz CT molecular complexity index is 1660. The van der Waals surface area contributed by atoms with Gasteiger partial charge in [0.05, 0.1) is 28.4 Å². The Kier molecular flexibility index (Phi) is 7.97. The van der Waals surface area contributed by atoms with Crippen molar-refractivity contribution in [1.29, 1.82) is 5.26 Å². The molecule has 3 heterocycles. The Morgan fingerprint density at radius 3 is 2.37 bits per heavy atom. The van der Waals surface area contributed by atoms with Crippen molar-refractivity contribution < 1.29 is 23.6 Å². The largest absolute Gasteiger partial charge is 0.367 e. The van der Waals surface area contributed by atoms with E-state index in [1.807, 2.05) is 11.0 Å². The van der Waals surface area contributed by atoms with Gasteiger partial charge in [-0.2, -0.15) is 5.26 Å². The zero-order valence-electron chi connectivity index (χ0n) is 23.2. The predicted molar refractivity (Wildman–Crippen MR) is 158 cm³/mol. The highest BCUT2D eigenvalue weighted by Crippen LogP contribution is 2.35. The molecule has 2 saturated heterocycles. The quantitative estimate of drug-likeness (QED) is 0.324. The third kappa shape index (κ3) is 5.76. The number of nitrogens with zero attached hydrogens (tertiary/aromatic N) is 4. The molecule has 0 radical (unpaired) electrons. The standard InChI is InChI=1S/C32H28FN5O4S/c33-24-16-22(17-34)8-9-25(24)37-14-12-36(13-15-37)18-20-4-6-21(7-5-20)19-43-27-3-1-2-23-29(27)32(42)38(31(23)41)26-10-11-28(39)35-30(26)40/h1-9,16,26H,10-15,18-19H2,(H,35,39,40). The van der Waals surface area contributed by atoms with Crippen molar-refractivity contribution in [1.82, 2.24) is 15.1 Å². The molecule has 0 aliphatic carbocycles. The van der Waals surface area contributed by atoms with Gasteiger partial charge in [0.15, 0.2) is 0 Å². The first-order valence-electron chi connectivity index (χ1n) is 14.0. The number of anilines is 1. The molecule has 1 N–H and O–H groups in total. The van der Waals surface area contributed by atoms with E-state index in [0.717, 1.165) is 35.7 Å². The van der Waals surface area contributed by atoms with Crippen LogP contribution >= 0.6 is 11.8 Å². The van der Waals surface area contributed by atoms with Crippen molar-refractivity contribution >= 4 is 41.1 Å². The SMILES string of the molecule is N#Cc1ccc(N2CCN(Cc3ccc(CSc4cccc5c4C(=O)N(C4CCC(=O)NC4=O)C5=O)cc3)CC2)c(F)c1. The number of carbonyl (C=O) groups excluding carboxylic acids is 4. The molecular formula is C32H28FN5O4S. The highest BCUT2D eigenvalue weighted by molar-refractivity contribution is 7.98. The summed E-state index contributed by atoms with van der Waals surface area (Å²) < 4.78 is 14.4. The first-order chi connectivity index (χ1) is 20.8. The number of nitrogens with one attached hydrogen (secondary N) is 1. The molecule has 218 valence electrons. The minimum Gasteiger partial charge on any atom is -0.367 e. The van der Waals surface area contributed by atoms with Crippen molar-refractivity contribution in [3.63, 3.8) is 0 Å². The number of halogens is 1. The van der Waals surface area contributed by atoms with Crippen LogP contribution in [0.1, 0.15) is 50.2 Å². The Morgan fingerprint density at radius 1 is 0.930 bits per heavy atom. The van der Waals surface area contributed by atoms with Gasteiger partial charge in [-0.25, -0.2) is 4.39 Å². The molecule has 1 atom stereocenters. The van der Waals surface area contributed by atoms with E-state index in [9.17, 15) is 23.6 Å². The van der Waals surface area contributed by atoms with Gasteiger partial charge in [-0.1, -0.05) is 30.3 Å². The van der Waals surface area contributed by atoms with Crippen LogP contribution in [0.3, 0.4) is 0 Å². The maximum Gasteiger partial charge on any atom is 0.263 e. The molecule has 3 aliphatic heterocycles. The normalized spacial score (nSPS) is 18.9. The Balaban J connectivity index is 1.05. The lowest BCUT2D eigenvalue weighted by Gasteiger charge is -2.36. The number of imide groups is 2. The summed E-state index contributed by atoms with van der Waals surface area (Å²) in [5.41, 5.74) is 3.64. The lowest BCUT2D eigenvalue weighted by atomic mass is 10.0. The Morgan fingerprint density at radius 2 is 1.67 bits per heavy atom. The zero-order valence-corrected chi connectivity index (χ0v) is 24.0. The maximum atomic E-state index is 14.4. The summed E-state index contributed by atoms with van der Waals surface area (Å²) in [5, 5.41) is 11.2. The highest BCUT2D eigenvalue weighted by Gasteiger charge is 2.45. The van der Waals surface area contributed by atoms with Gasteiger partial charge >= 0.3 is 0 Å². The molecule has 0 aromatic heterocycles. The van der Waals surface area contributed by atoms with Gasteiger partial charge in [-0.15, -0.1) is 11.8 Å². The van der Waals surface area contributed by atoms with Crippen LogP contribution < -0.4 is 10.2 Å². The van der Waals surface area contributed by atoms with Crippen LogP contribution in [0.5, 0.6) is 0 Å². The third-order valence-corrected chi connectivity index (χ3v) is 9.17. The number of nitriles is 1. The molecule has 0 bridgehead atoms. The number of piperidine rings is 1. The number of thioether (sulfide) groups is 1. The van der Waals surface area contributed by atoms with Crippen molar-refractivity contribution in [3.8, 4) is 6.07 Å². The van der Waals surface area contributed by atoms with Gasteiger partial charge in [0.1, 0.15) is 11.9 Å². The number of hydrogen-bond donors (Lipinski definition) is 1. The van der Waals surface area contributed by atoms with Crippen LogP contribution in [0.15, 0.2) is 65.6 Å². The van der Waals surface area contributed by atoms with Crippen molar-refractivity contribution in [3.05, 3.63) is 94.3 Å². The first-order valence-corrected chi connectivity index (χ1v) is 15.0. The number of fused-ring (bicyclic) bond motifs is 1. The fraction of sp³-hybridized carbons (Fsp3) is 0.281. The van der Waals surface area contributed by atoms with Crippen molar-refractivity contribution in [2.45, 2.75) is 36.1 Å². The highest BCUT2D eigenvalue weighted by atomic mass is 32.2. The van der Waals surface area contributed by atoms with Crippen LogP contribution in [0.25, 0.3) is 0 Å². The van der Waals surface area contributed by atoms with E-state index in [1.165, 1.54) is 17.8 Å². The van der Waals surface area contributed by atoms with Gasteiger partial charge in [-0.3, -0.25) is 34.3 Å². The molecule has 0 saturated carbocycles. The first kappa shape index (κ1) is 28.6. The topological polar surface area (TPSA) is 114 Å². The lowest BCUT2D eigenvalue weighted by molar-refractivity contribution is -0.136. The molecule has 1 unspecified atom stereocenters. The van der Waals surface area contributed by atoms with Crippen LogP contribution in [-0.4, -0.2) is 65.6 Å². The molecule has 3 aromatic carbocycles. The van der Waals surface area contributed by atoms with Crippen LogP contribution in [-0.2, 0) is 21.9 Å². The summed E-state index contributed by atoms with van der Waals surface area (Å²) in [7, 11) is 0. The summed E-state index contributed by atoms with van der Waals surface area (Å²) in [6.07, 6.45) is 0.201. The minimum absolute atomic E-state index is 0.0796. The molecule has 9 nitrogen and oxygen atoms in total. The van der Waals surface area contributed by atoms with Crippen molar-refractivity contribution in [2.75, 3.05) is 31.1 Å². The van der Waals surface area contributed by atoms with Crippen molar-refractivity contribution in [2.24, 2.45) is 0 Å². The molecule has 11 heteroatoms. The van der Waals surface area contributed by atoms with Crippen LogP contribution in [0, 0.1) is 17.1 Å². The van der Waals surface area contributed by atoms with Crippen LogP contribution in [0.2, 0.25) is 0 Å². The summed E-state index contributed by atoms with van der Waals surface area (Å²) in [6, 6.07) is 19.0. The molecule has 4 amide bonds. The smallest absolute Gasteiger partial charge is 0.263 e. The summed E-state index contributed by atoms with van der Waals surface area (Å²) >= 11 is 1.46. The van der Waals surface area contributed by atoms with Gasteiger partial charge in [0.25, 0.3) is 11.8 Å². The number of benzene rings is 3. The molecular weight excluding hydrogens is 569 g/mol. The zero-order chi connectivity index (χ0) is 30.1. The second-order valence-electron chi connectivity index (χ2n) is 10.8. The molecule has 2 fully saturated rings. The number of carbonyl (C=O) groups is 4. The number of rotatable bonds is 7. The second kappa shape index (κ2) is 12.0. The summed E-state index contributed by atoms with van der Waals surface area (Å²) in [5.74, 6) is -1.82.